The minimum atomic E-state index is -0.177. The molecule has 2 aliphatic rings. The van der Waals surface area contributed by atoms with Crippen molar-refractivity contribution in [1.29, 1.82) is 5.26 Å². The summed E-state index contributed by atoms with van der Waals surface area (Å²) in [5, 5.41) is 9.46. The van der Waals surface area contributed by atoms with Crippen LogP contribution in [0, 0.1) is 28.6 Å². The number of hydrogen-bond donors (Lipinski definition) is 0. The summed E-state index contributed by atoms with van der Waals surface area (Å²) in [5.41, 5.74) is -0.177. The Morgan fingerprint density at radius 2 is 1.74 bits per heavy atom. The van der Waals surface area contributed by atoms with Gasteiger partial charge in [0.25, 0.3) is 0 Å². The van der Waals surface area contributed by atoms with E-state index in [9.17, 15) is 10.1 Å². The first-order chi connectivity index (χ1) is 11.1. The zero-order valence-corrected chi connectivity index (χ0v) is 15.0. The molecule has 0 radical (unpaired) electrons. The highest BCUT2D eigenvalue weighted by Gasteiger charge is 2.38. The van der Waals surface area contributed by atoms with Crippen LogP contribution >= 0.6 is 0 Å². The standard InChI is InChI=1S/C20H33NO2/c1-3-5-16-6-8-18(9-7-16)23-19(22)17-10-13-20(15-21,12-4-2)14-11-17/h16-18H,3-14H2,1-2H3/t16?,17-,18?,20-. The van der Waals surface area contributed by atoms with E-state index >= 15 is 0 Å². The van der Waals surface area contributed by atoms with Gasteiger partial charge in [-0.05, 0) is 63.7 Å². The summed E-state index contributed by atoms with van der Waals surface area (Å²) < 4.78 is 5.80. The molecule has 3 heteroatoms. The van der Waals surface area contributed by atoms with Crippen molar-refractivity contribution < 1.29 is 9.53 Å². The van der Waals surface area contributed by atoms with Crippen molar-refractivity contribution in [1.82, 2.24) is 0 Å². The lowest BCUT2D eigenvalue weighted by Gasteiger charge is -2.35. The van der Waals surface area contributed by atoms with E-state index in [1.807, 2.05) is 0 Å². The number of ether oxygens (including phenoxy) is 1. The summed E-state index contributed by atoms with van der Waals surface area (Å²) in [6.07, 6.45) is 12.6. The van der Waals surface area contributed by atoms with E-state index in [-0.39, 0.29) is 23.4 Å². The Morgan fingerprint density at radius 3 is 2.26 bits per heavy atom. The summed E-state index contributed by atoms with van der Waals surface area (Å²) >= 11 is 0. The summed E-state index contributed by atoms with van der Waals surface area (Å²) in [6, 6.07) is 2.52. The van der Waals surface area contributed by atoms with Gasteiger partial charge in [-0.25, -0.2) is 0 Å². The molecule has 23 heavy (non-hydrogen) atoms. The smallest absolute Gasteiger partial charge is 0.309 e. The molecule has 0 spiro atoms. The summed E-state index contributed by atoms with van der Waals surface area (Å²) in [5.74, 6) is 0.878. The normalized spacial score (nSPS) is 34.6. The molecule has 0 unspecified atom stereocenters. The Hall–Kier alpha value is -1.04. The highest BCUT2D eigenvalue weighted by molar-refractivity contribution is 5.72. The first-order valence-electron chi connectivity index (χ1n) is 9.74. The number of nitriles is 1. The summed E-state index contributed by atoms with van der Waals surface area (Å²) in [7, 11) is 0. The maximum Gasteiger partial charge on any atom is 0.309 e. The van der Waals surface area contributed by atoms with Crippen molar-refractivity contribution in [2.24, 2.45) is 17.3 Å². The molecule has 0 aliphatic heterocycles. The van der Waals surface area contributed by atoms with Gasteiger partial charge in [0.05, 0.1) is 17.4 Å². The molecule has 0 amide bonds. The lowest BCUT2D eigenvalue weighted by atomic mass is 9.69. The fourth-order valence-corrected chi connectivity index (χ4v) is 4.51. The van der Waals surface area contributed by atoms with Crippen LogP contribution in [0.5, 0.6) is 0 Å². The predicted octanol–water partition coefficient (Wildman–Crippen LogP) is 5.39. The Bertz CT molecular complexity index is 410. The molecule has 0 saturated heterocycles. The zero-order chi connectivity index (χ0) is 16.7. The van der Waals surface area contributed by atoms with Crippen LogP contribution in [-0.4, -0.2) is 12.1 Å². The second-order valence-electron chi connectivity index (χ2n) is 7.78. The van der Waals surface area contributed by atoms with E-state index in [4.69, 9.17) is 4.74 Å². The molecule has 0 aromatic carbocycles. The Labute approximate surface area is 141 Å². The average molecular weight is 319 g/mol. The number of nitrogens with zero attached hydrogens (tertiary/aromatic N) is 1. The summed E-state index contributed by atoms with van der Waals surface area (Å²) in [4.78, 5) is 12.4. The quantitative estimate of drug-likeness (QED) is 0.617. The van der Waals surface area contributed by atoms with Crippen molar-refractivity contribution in [3.05, 3.63) is 0 Å². The fraction of sp³-hybridized carbons (Fsp3) is 0.900. The minimum absolute atomic E-state index is 0.00646. The van der Waals surface area contributed by atoms with Gasteiger partial charge in [0.15, 0.2) is 0 Å². The van der Waals surface area contributed by atoms with Gasteiger partial charge in [0.2, 0.25) is 0 Å². The van der Waals surface area contributed by atoms with Crippen molar-refractivity contribution in [2.75, 3.05) is 0 Å². The van der Waals surface area contributed by atoms with Crippen LogP contribution in [0.25, 0.3) is 0 Å². The lowest BCUT2D eigenvalue weighted by molar-refractivity contribution is -0.157. The Kier molecular flexibility index (Phi) is 6.93. The largest absolute Gasteiger partial charge is 0.462 e. The molecule has 0 heterocycles. The van der Waals surface area contributed by atoms with Crippen LogP contribution in [0.4, 0.5) is 0 Å². The van der Waals surface area contributed by atoms with Crippen LogP contribution in [0.2, 0.25) is 0 Å². The molecular formula is C20H33NO2. The molecule has 2 fully saturated rings. The third-order valence-corrected chi connectivity index (χ3v) is 6.02. The van der Waals surface area contributed by atoms with Gasteiger partial charge in [-0.2, -0.15) is 5.26 Å². The van der Waals surface area contributed by atoms with Gasteiger partial charge in [0, 0.05) is 0 Å². The molecule has 2 aliphatic carbocycles. The van der Waals surface area contributed by atoms with Crippen LogP contribution in [-0.2, 0) is 9.53 Å². The molecule has 0 aromatic heterocycles. The molecule has 0 aromatic rings. The SMILES string of the molecule is CCCC1CCC(OC(=O)[C@H]2CC[C@@](C#N)(CCC)CC2)CC1. The second kappa shape index (κ2) is 8.71. The van der Waals surface area contributed by atoms with E-state index in [1.165, 1.54) is 25.7 Å². The van der Waals surface area contributed by atoms with Gasteiger partial charge in [-0.3, -0.25) is 4.79 Å². The lowest BCUT2D eigenvalue weighted by Crippen LogP contribution is -2.33. The summed E-state index contributed by atoms with van der Waals surface area (Å²) in [6.45, 7) is 4.38. The number of rotatable bonds is 6. The average Bonchev–Trinajstić information content (AvgIpc) is 2.58. The zero-order valence-electron chi connectivity index (χ0n) is 15.0. The Balaban J connectivity index is 1.75. The monoisotopic (exact) mass is 319 g/mol. The van der Waals surface area contributed by atoms with Crippen LogP contribution < -0.4 is 0 Å². The molecular weight excluding hydrogens is 286 g/mol. The van der Waals surface area contributed by atoms with E-state index in [2.05, 4.69) is 19.9 Å². The van der Waals surface area contributed by atoms with Gasteiger partial charge in [-0.1, -0.05) is 33.1 Å². The van der Waals surface area contributed by atoms with E-state index in [0.717, 1.165) is 57.3 Å². The van der Waals surface area contributed by atoms with E-state index in [1.54, 1.807) is 0 Å². The van der Waals surface area contributed by atoms with Gasteiger partial charge < -0.3 is 4.74 Å². The first-order valence-corrected chi connectivity index (χ1v) is 9.74. The van der Waals surface area contributed by atoms with Gasteiger partial charge >= 0.3 is 5.97 Å². The van der Waals surface area contributed by atoms with Gasteiger partial charge in [-0.15, -0.1) is 0 Å². The van der Waals surface area contributed by atoms with Crippen LogP contribution in [0.15, 0.2) is 0 Å². The molecule has 2 saturated carbocycles. The maximum absolute atomic E-state index is 12.4. The minimum Gasteiger partial charge on any atom is -0.462 e. The second-order valence-corrected chi connectivity index (χ2v) is 7.78. The number of esters is 1. The van der Waals surface area contributed by atoms with Crippen LogP contribution in [0.3, 0.4) is 0 Å². The van der Waals surface area contributed by atoms with Crippen LogP contribution in [0.1, 0.15) is 90.9 Å². The van der Waals surface area contributed by atoms with Gasteiger partial charge in [0.1, 0.15) is 6.10 Å². The van der Waals surface area contributed by atoms with Crippen molar-refractivity contribution >= 4 is 5.97 Å². The molecule has 130 valence electrons. The molecule has 3 nitrogen and oxygen atoms in total. The molecule has 0 N–H and O–H groups in total. The first kappa shape index (κ1) is 18.3. The topological polar surface area (TPSA) is 50.1 Å². The Morgan fingerprint density at radius 1 is 1.09 bits per heavy atom. The number of hydrogen-bond acceptors (Lipinski definition) is 3. The third kappa shape index (κ3) is 4.96. The van der Waals surface area contributed by atoms with E-state index in [0.29, 0.717) is 0 Å². The molecule has 2 rings (SSSR count). The number of carbonyl (C=O) groups is 1. The molecule has 0 atom stereocenters. The predicted molar refractivity (Wildman–Crippen MR) is 91.7 cm³/mol. The fourth-order valence-electron chi connectivity index (χ4n) is 4.51. The number of carbonyl (C=O) groups excluding carboxylic acids is 1. The van der Waals surface area contributed by atoms with Crippen molar-refractivity contribution in [2.45, 2.75) is 97.0 Å². The molecule has 0 bridgehead atoms. The third-order valence-electron chi connectivity index (χ3n) is 6.02. The van der Waals surface area contributed by atoms with Crippen molar-refractivity contribution in [3.8, 4) is 6.07 Å². The van der Waals surface area contributed by atoms with Crippen molar-refractivity contribution in [3.63, 3.8) is 0 Å². The highest BCUT2D eigenvalue weighted by Crippen LogP contribution is 2.42. The highest BCUT2D eigenvalue weighted by atomic mass is 16.5. The van der Waals surface area contributed by atoms with E-state index < -0.39 is 0 Å². The maximum atomic E-state index is 12.4.